The quantitative estimate of drug-likeness (QED) is 0.843. The largest absolute Gasteiger partial charge is 0.489 e. The van der Waals surface area contributed by atoms with E-state index >= 15 is 0 Å². The summed E-state index contributed by atoms with van der Waals surface area (Å²) >= 11 is 4.93. The van der Waals surface area contributed by atoms with Crippen LogP contribution in [-0.2, 0) is 6.61 Å². The Morgan fingerprint density at radius 3 is 2.45 bits per heavy atom. The Labute approximate surface area is 125 Å². The van der Waals surface area contributed by atoms with Crippen molar-refractivity contribution in [1.29, 1.82) is 0 Å². The lowest BCUT2D eigenvalue weighted by Gasteiger charge is -2.10. The topological polar surface area (TPSA) is 35.2 Å². The number of ether oxygens (including phenoxy) is 1. The summed E-state index contributed by atoms with van der Waals surface area (Å²) in [5, 5.41) is 0. The van der Waals surface area contributed by atoms with E-state index in [9.17, 15) is 0 Å². The van der Waals surface area contributed by atoms with E-state index in [0.29, 0.717) is 17.5 Å². The number of hydrogen-bond donors (Lipinski definition) is 1. The van der Waals surface area contributed by atoms with Gasteiger partial charge >= 0.3 is 0 Å². The van der Waals surface area contributed by atoms with Crippen LogP contribution in [0.5, 0.6) is 5.75 Å². The molecule has 0 aliphatic heterocycles. The standard InChI is InChI=1S/C17H19NOS/c1-12(2)15-4-3-5-16(10-15)19-11-13-6-8-14(9-7-13)17(18)20/h3-10,12H,11H2,1-2H3,(H2,18,20). The highest BCUT2D eigenvalue weighted by Gasteiger charge is 2.02. The zero-order valence-corrected chi connectivity index (χ0v) is 12.6. The van der Waals surface area contributed by atoms with E-state index in [1.165, 1.54) is 5.56 Å². The van der Waals surface area contributed by atoms with E-state index in [1.54, 1.807) is 0 Å². The van der Waals surface area contributed by atoms with Crippen LogP contribution in [0.25, 0.3) is 0 Å². The second kappa shape index (κ2) is 6.53. The van der Waals surface area contributed by atoms with Gasteiger partial charge in [0.15, 0.2) is 0 Å². The lowest BCUT2D eigenvalue weighted by molar-refractivity contribution is 0.306. The molecule has 104 valence electrons. The van der Waals surface area contributed by atoms with Gasteiger partial charge in [0, 0.05) is 5.56 Å². The van der Waals surface area contributed by atoms with E-state index in [4.69, 9.17) is 22.7 Å². The zero-order chi connectivity index (χ0) is 14.5. The molecule has 0 aliphatic rings. The van der Waals surface area contributed by atoms with Gasteiger partial charge in [0.05, 0.1) is 0 Å². The Hall–Kier alpha value is -1.87. The van der Waals surface area contributed by atoms with E-state index in [-0.39, 0.29) is 0 Å². The molecule has 2 rings (SSSR count). The van der Waals surface area contributed by atoms with Gasteiger partial charge in [-0.25, -0.2) is 0 Å². The SMILES string of the molecule is CC(C)c1cccc(OCc2ccc(C(N)=S)cc2)c1. The molecule has 2 aromatic carbocycles. The maximum atomic E-state index is 5.82. The third-order valence-corrected chi connectivity index (χ3v) is 3.40. The Bertz CT molecular complexity index is 590. The van der Waals surface area contributed by atoms with Crippen LogP contribution in [0.2, 0.25) is 0 Å². The minimum atomic E-state index is 0.419. The van der Waals surface area contributed by atoms with E-state index < -0.39 is 0 Å². The van der Waals surface area contributed by atoms with Gasteiger partial charge in [0.25, 0.3) is 0 Å². The van der Waals surface area contributed by atoms with Crippen molar-refractivity contribution in [3.63, 3.8) is 0 Å². The average Bonchev–Trinajstić information content (AvgIpc) is 2.46. The number of thiocarbonyl (C=S) groups is 1. The first-order valence-corrected chi connectivity index (χ1v) is 7.08. The normalized spacial score (nSPS) is 10.6. The molecular weight excluding hydrogens is 266 g/mol. The Balaban J connectivity index is 2.01. The Morgan fingerprint density at radius 1 is 1.15 bits per heavy atom. The van der Waals surface area contributed by atoms with E-state index in [2.05, 4.69) is 26.0 Å². The molecule has 0 saturated carbocycles. The predicted octanol–water partition coefficient (Wildman–Crippen LogP) is 4.02. The van der Waals surface area contributed by atoms with Crippen molar-refractivity contribution in [1.82, 2.24) is 0 Å². The highest BCUT2D eigenvalue weighted by atomic mass is 32.1. The Kier molecular flexibility index (Phi) is 4.74. The monoisotopic (exact) mass is 285 g/mol. The molecule has 0 aliphatic carbocycles. The summed E-state index contributed by atoms with van der Waals surface area (Å²) in [6.07, 6.45) is 0. The molecule has 2 aromatic rings. The first-order valence-electron chi connectivity index (χ1n) is 6.68. The highest BCUT2D eigenvalue weighted by Crippen LogP contribution is 2.21. The van der Waals surface area contributed by atoms with Gasteiger partial charge in [-0.3, -0.25) is 0 Å². The lowest BCUT2D eigenvalue weighted by Crippen LogP contribution is -2.09. The summed E-state index contributed by atoms with van der Waals surface area (Å²) in [6, 6.07) is 16.0. The van der Waals surface area contributed by atoms with E-state index in [0.717, 1.165) is 16.9 Å². The van der Waals surface area contributed by atoms with Crippen molar-refractivity contribution in [2.75, 3.05) is 0 Å². The van der Waals surface area contributed by atoms with Crippen molar-refractivity contribution >= 4 is 17.2 Å². The molecule has 20 heavy (non-hydrogen) atoms. The van der Waals surface area contributed by atoms with Crippen LogP contribution in [0.3, 0.4) is 0 Å². The third-order valence-electron chi connectivity index (χ3n) is 3.17. The molecule has 0 spiro atoms. The number of nitrogens with two attached hydrogens (primary N) is 1. The molecule has 0 unspecified atom stereocenters. The van der Waals surface area contributed by atoms with Crippen LogP contribution in [0.15, 0.2) is 48.5 Å². The highest BCUT2D eigenvalue weighted by molar-refractivity contribution is 7.80. The summed E-state index contributed by atoms with van der Waals surface area (Å²) in [7, 11) is 0. The van der Waals surface area contributed by atoms with Crippen LogP contribution >= 0.6 is 12.2 Å². The van der Waals surface area contributed by atoms with Crippen molar-refractivity contribution in [3.05, 3.63) is 65.2 Å². The van der Waals surface area contributed by atoms with Gasteiger partial charge in [-0.2, -0.15) is 0 Å². The van der Waals surface area contributed by atoms with Gasteiger partial charge in [0.1, 0.15) is 17.3 Å². The third kappa shape index (κ3) is 3.81. The molecule has 2 nitrogen and oxygen atoms in total. The summed E-state index contributed by atoms with van der Waals surface area (Å²) < 4.78 is 5.82. The molecule has 0 heterocycles. The van der Waals surface area contributed by atoms with Gasteiger partial charge in [-0.05, 0) is 29.2 Å². The molecule has 3 heteroatoms. The smallest absolute Gasteiger partial charge is 0.120 e. The first-order chi connectivity index (χ1) is 9.56. The first kappa shape index (κ1) is 14.5. The van der Waals surface area contributed by atoms with Crippen LogP contribution in [0.1, 0.15) is 36.5 Å². The van der Waals surface area contributed by atoms with Gasteiger partial charge in [0.2, 0.25) is 0 Å². The summed E-state index contributed by atoms with van der Waals surface area (Å²) in [6.45, 7) is 4.89. The van der Waals surface area contributed by atoms with Gasteiger partial charge < -0.3 is 10.5 Å². The van der Waals surface area contributed by atoms with Crippen molar-refractivity contribution < 1.29 is 4.74 Å². The second-order valence-electron chi connectivity index (χ2n) is 5.08. The van der Waals surface area contributed by atoms with Crippen LogP contribution in [0.4, 0.5) is 0 Å². The molecule has 0 amide bonds. The molecule has 0 fully saturated rings. The molecule has 0 saturated heterocycles. The average molecular weight is 285 g/mol. The van der Waals surface area contributed by atoms with Crippen molar-refractivity contribution in [2.45, 2.75) is 26.4 Å². The van der Waals surface area contributed by atoms with E-state index in [1.807, 2.05) is 36.4 Å². The molecule has 2 N–H and O–H groups in total. The maximum Gasteiger partial charge on any atom is 0.120 e. The van der Waals surface area contributed by atoms with Gasteiger partial charge in [-0.15, -0.1) is 0 Å². The fourth-order valence-corrected chi connectivity index (χ4v) is 2.03. The predicted molar refractivity (Wildman–Crippen MR) is 87.2 cm³/mol. The fourth-order valence-electron chi connectivity index (χ4n) is 1.90. The van der Waals surface area contributed by atoms with Crippen LogP contribution in [-0.4, -0.2) is 4.99 Å². The van der Waals surface area contributed by atoms with Gasteiger partial charge in [-0.1, -0.05) is 62.5 Å². The zero-order valence-electron chi connectivity index (χ0n) is 11.8. The molecule has 0 aromatic heterocycles. The summed E-state index contributed by atoms with van der Waals surface area (Å²) in [5.41, 5.74) is 8.83. The number of rotatable bonds is 5. The summed E-state index contributed by atoms with van der Waals surface area (Å²) in [5.74, 6) is 1.40. The lowest BCUT2D eigenvalue weighted by atomic mass is 10.0. The number of benzene rings is 2. The van der Waals surface area contributed by atoms with Crippen LogP contribution < -0.4 is 10.5 Å². The number of hydrogen-bond acceptors (Lipinski definition) is 2. The molecule has 0 bridgehead atoms. The van der Waals surface area contributed by atoms with Crippen LogP contribution in [0, 0.1) is 0 Å². The maximum absolute atomic E-state index is 5.82. The fraction of sp³-hybridized carbons (Fsp3) is 0.235. The van der Waals surface area contributed by atoms with Crippen molar-refractivity contribution in [2.24, 2.45) is 5.73 Å². The second-order valence-corrected chi connectivity index (χ2v) is 5.52. The Morgan fingerprint density at radius 2 is 1.85 bits per heavy atom. The molecular formula is C17H19NOS. The van der Waals surface area contributed by atoms with Crippen molar-refractivity contribution in [3.8, 4) is 5.75 Å². The molecule has 0 atom stereocenters. The summed E-state index contributed by atoms with van der Waals surface area (Å²) in [4.78, 5) is 0.419. The molecule has 0 radical (unpaired) electrons. The minimum Gasteiger partial charge on any atom is -0.489 e. The minimum absolute atomic E-state index is 0.419.